The molecule has 9 heteroatoms. The molecule has 1 aromatic heterocycles. The minimum atomic E-state index is -0.735. The van der Waals surface area contributed by atoms with E-state index in [0.29, 0.717) is 11.3 Å². The van der Waals surface area contributed by atoms with Crippen LogP contribution in [0.15, 0.2) is 59.4 Å². The summed E-state index contributed by atoms with van der Waals surface area (Å²) in [5.74, 6) is -1.47. The quantitative estimate of drug-likeness (QED) is 0.598. The Morgan fingerprint density at radius 2 is 1.83 bits per heavy atom. The zero-order chi connectivity index (χ0) is 21.5. The van der Waals surface area contributed by atoms with Crippen molar-refractivity contribution in [1.82, 2.24) is 9.78 Å². The zero-order valence-electron chi connectivity index (χ0n) is 16.1. The van der Waals surface area contributed by atoms with Gasteiger partial charge in [0, 0.05) is 30.5 Å². The normalized spacial score (nSPS) is 10.6. The molecular weight excluding hydrogens is 396 g/mol. The number of nitrogens with one attached hydrogen (secondary N) is 1. The van der Waals surface area contributed by atoms with Crippen LogP contribution in [-0.4, -0.2) is 36.2 Å². The van der Waals surface area contributed by atoms with Crippen LogP contribution in [0.25, 0.3) is 11.3 Å². The van der Waals surface area contributed by atoms with Crippen LogP contribution in [0.5, 0.6) is 0 Å². The van der Waals surface area contributed by atoms with Crippen molar-refractivity contribution in [1.29, 1.82) is 0 Å². The van der Waals surface area contributed by atoms with E-state index >= 15 is 0 Å². The van der Waals surface area contributed by atoms with Gasteiger partial charge in [0.15, 0.2) is 0 Å². The van der Waals surface area contributed by atoms with E-state index in [1.54, 1.807) is 24.3 Å². The van der Waals surface area contributed by atoms with Crippen molar-refractivity contribution in [2.75, 3.05) is 25.6 Å². The lowest BCUT2D eigenvalue weighted by atomic mass is 10.1. The van der Waals surface area contributed by atoms with E-state index in [-0.39, 0.29) is 36.6 Å². The van der Waals surface area contributed by atoms with Crippen molar-refractivity contribution in [3.63, 3.8) is 0 Å². The van der Waals surface area contributed by atoms with E-state index in [9.17, 15) is 18.4 Å². The molecule has 0 aliphatic carbocycles. The third-order valence-corrected chi connectivity index (χ3v) is 4.05. The number of halogens is 2. The summed E-state index contributed by atoms with van der Waals surface area (Å²) >= 11 is 0. The van der Waals surface area contributed by atoms with Gasteiger partial charge in [-0.05, 0) is 35.9 Å². The van der Waals surface area contributed by atoms with Gasteiger partial charge in [0.05, 0.1) is 18.8 Å². The molecular formula is C21H19F2N3O4. The number of anilines is 1. The van der Waals surface area contributed by atoms with Crippen molar-refractivity contribution in [3.05, 3.63) is 82.1 Å². The number of hydrogen-bond acceptors (Lipinski definition) is 5. The van der Waals surface area contributed by atoms with Crippen molar-refractivity contribution in [3.8, 4) is 11.3 Å². The van der Waals surface area contributed by atoms with Gasteiger partial charge in [0.25, 0.3) is 5.56 Å². The Hall–Kier alpha value is -3.59. The van der Waals surface area contributed by atoms with Gasteiger partial charge in [0.2, 0.25) is 0 Å². The SMILES string of the molecule is COCCOC(=O)Nc1cccc(Cn2nc(-c3cc(F)cc(F)c3)ccc2=O)c1. The number of carbonyl (C=O) groups excluding carboxylic acids is 1. The minimum Gasteiger partial charge on any atom is -0.447 e. The van der Waals surface area contributed by atoms with Crippen molar-refractivity contribution in [2.24, 2.45) is 0 Å². The fraction of sp³-hybridized carbons (Fsp3) is 0.190. The molecule has 0 aliphatic rings. The lowest BCUT2D eigenvalue weighted by molar-refractivity contribution is 0.107. The standard InChI is InChI=1S/C21H19F2N3O4/c1-29-7-8-30-21(28)24-18-4-2-3-14(9-18)13-26-20(27)6-5-19(25-26)15-10-16(22)12-17(23)11-15/h2-6,9-12H,7-8,13H2,1H3,(H,24,28). The molecule has 1 amide bonds. The predicted molar refractivity (Wildman–Crippen MR) is 106 cm³/mol. The van der Waals surface area contributed by atoms with E-state index in [4.69, 9.17) is 9.47 Å². The smallest absolute Gasteiger partial charge is 0.411 e. The second kappa shape index (κ2) is 9.75. The molecule has 0 bridgehead atoms. The molecule has 0 saturated heterocycles. The van der Waals surface area contributed by atoms with E-state index in [1.807, 2.05) is 0 Å². The van der Waals surface area contributed by atoms with Gasteiger partial charge in [-0.15, -0.1) is 0 Å². The number of carbonyl (C=O) groups is 1. The average Bonchev–Trinajstić information content (AvgIpc) is 2.69. The summed E-state index contributed by atoms with van der Waals surface area (Å²) in [5, 5.41) is 6.79. The van der Waals surface area contributed by atoms with Gasteiger partial charge in [0.1, 0.15) is 18.2 Å². The van der Waals surface area contributed by atoms with Crippen molar-refractivity contribution < 1.29 is 23.0 Å². The molecule has 156 valence electrons. The van der Waals surface area contributed by atoms with E-state index < -0.39 is 17.7 Å². The monoisotopic (exact) mass is 415 g/mol. The van der Waals surface area contributed by atoms with Gasteiger partial charge in [-0.3, -0.25) is 10.1 Å². The van der Waals surface area contributed by atoms with Gasteiger partial charge in [-0.2, -0.15) is 5.10 Å². The Morgan fingerprint density at radius 1 is 1.07 bits per heavy atom. The van der Waals surface area contributed by atoms with E-state index in [1.165, 1.54) is 23.9 Å². The Balaban J connectivity index is 1.78. The molecule has 0 saturated carbocycles. The summed E-state index contributed by atoms with van der Waals surface area (Å²) in [5.41, 5.74) is 1.25. The second-order valence-corrected chi connectivity index (χ2v) is 6.33. The number of amides is 1. The number of nitrogens with zero attached hydrogens (tertiary/aromatic N) is 2. The predicted octanol–water partition coefficient (Wildman–Crippen LogP) is 3.43. The van der Waals surface area contributed by atoms with Gasteiger partial charge in [-0.25, -0.2) is 18.3 Å². The summed E-state index contributed by atoms with van der Waals surface area (Å²) in [7, 11) is 1.50. The minimum absolute atomic E-state index is 0.0959. The average molecular weight is 415 g/mol. The number of ether oxygens (including phenoxy) is 2. The molecule has 1 heterocycles. The summed E-state index contributed by atoms with van der Waals surface area (Å²) < 4.78 is 37.9. The lowest BCUT2D eigenvalue weighted by Crippen LogP contribution is -2.23. The van der Waals surface area contributed by atoms with E-state index in [0.717, 1.165) is 18.2 Å². The molecule has 3 aromatic rings. The van der Waals surface area contributed by atoms with Crippen LogP contribution in [0, 0.1) is 11.6 Å². The second-order valence-electron chi connectivity index (χ2n) is 6.33. The topological polar surface area (TPSA) is 82.4 Å². The van der Waals surface area contributed by atoms with Crippen LogP contribution >= 0.6 is 0 Å². The summed E-state index contributed by atoms with van der Waals surface area (Å²) in [4.78, 5) is 24.0. The molecule has 0 spiro atoms. The fourth-order valence-electron chi connectivity index (χ4n) is 2.71. The molecule has 0 unspecified atom stereocenters. The number of rotatable bonds is 7. The van der Waals surface area contributed by atoms with E-state index in [2.05, 4.69) is 10.4 Å². The summed E-state index contributed by atoms with van der Waals surface area (Å²) in [6.07, 6.45) is -0.630. The third kappa shape index (κ3) is 5.71. The molecule has 0 radical (unpaired) electrons. The molecule has 0 aliphatic heterocycles. The zero-order valence-corrected chi connectivity index (χ0v) is 16.1. The highest BCUT2D eigenvalue weighted by atomic mass is 19.1. The first-order valence-electron chi connectivity index (χ1n) is 9.01. The Morgan fingerprint density at radius 3 is 2.57 bits per heavy atom. The van der Waals surface area contributed by atoms with Crippen LogP contribution in [0.3, 0.4) is 0 Å². The molecule has 3 rings (SSSR count). The maximum atomic E-state index is 13.5. The van der Waals surface area contributed by atoms with Crippen LogP contribution in [0.1, 0.15) is 5.56 Å². The molecule has 30 heavy (non-hydrogen) atoms. The van der Waals surface area contributed by atoms with Gasteiger partial charge < -0.3 is 9.47 Å². The van der Waals surface area contributed by atoms with Crippen molar-refractivity contribution >= 4 is 11.8 Å². The number of methoxy groups -OCH3 is 1. The highest BCUT2D eigenvalue weighted by Crippen LogP contribution is 2.19. The Labute approximate surface area is 170 Å². The molecule has 0 atom stereocenters. The third-order valence-electron chi connectivity index (χ3n) is 4.05. The van der Waals surface area contributed by atoms with Crippen LogP contribution in [0.4, 0.5) is 19.3 Å². The van der Waals surface area contributed by atoms with Crippen LogP contribution in [0.2, 0.25) is 0 Å². The van der Waals surface area contributed by atoms with Gasteiger partial charge >= 0.3 is 6.09 Å². The first-order valence-corrected chi connectivity index (χ1v) is 9.01. The summed E-state index contributed by atoms with van der Waals surface area (Å²) in [6.45, 7) is 0.501. The van der Waals surface area contributed by atoms with Gasteiger partial charge in [-0.1, -0.05) is 12.1 Å². The number of hydrogen-bond donors (Lipinski definition) is 1. The highest BCUT2D eigenvalue weighted by molar-refractivity contribution is 5.84. The van der Waals surface area contributed by atoms with Crippen LogP contribution in [-0.2, 0) is 16.0 Å². The summed E-state index contributed by atoms with van der Waals surface area (Å²) in [6, 6.07) is 12.5. The first kappa shape index (κ1) is 21.1. The number of benzene rings is 2. The number of aromatic nitrogens is 2. The lowest BCUT2D eigenvalue weighted by Gasteiger charge is -2.10. The largest absolute Gasteiger partial charge is 0.447 e. The highest BCUT2D eigenvalue weighted by Gasteiger charge is 2.09. The maximum absolute atomic E-state index is 13.5. The first-order chi connectivity index (χ1) is 14.4. The fourth-order valence-corrected chi connectivity index (χ4v) is 2.71. The molecule has 7 nitrogen and oxygen atoms in total. The maximum Gasteiger partial charge on any atom is 0.411 e. The van der Waals surface area contributed by atoms with Crippen molar-refractivity contribution in [2.45, 2.75) is 6.54 Å². The Bertz CT molecular complexity index is 1080. The van der Waals surface area contributed by atoms with Crippen LogP contribution < -0.4 is 10.9 Å². The molecule has 2 aromatic carbocycles. The molecule has 0 fully saturated rings. The Kier molecular flexibility index (Phi) is 6.87. The molecule has 1 N–H and O–H groups in total.